The third kappa shape index (κ3) is 4.92. The molecule has 0 spiro atoms. The monoisotopic (exact) mass is 424 g/mol. The molecule has 0 saturated carbocycles. The predicted octanol–water partition coefficient (Wildman–Crippen LogP) is 5.59. The van der Waals surface area contributed by atoms with E-state index in [9.17, 15) is 4.79 Å². The van der Waals surface area contributed by atoms with Crippen molar-refractivity contribution in [2.75, 3.05) is 11.5 Å². The van der Waals surface area contributed by atoms with Crippen molar-refractivity contribution in [2.45, 2.75) is 18.9 Å². The highest BCUT2D eigenvalue weighted by Gasteiger charge is 2.34. The lowest BCUT2D eigenvalue weighted by Gasteiger charge is -2.19. The molecule has 4 rings (SSSR count). The summed E-state index contributed by atoms with van der Waals surface area (Å²) in [5.41, 5.74) is 3.12. The van der Waals surface area contributed by atoms with E-state index < -0.39 is 0 Å². The van der Waals surface area contributed by atoms with Gasteiger partial charge in [0.25, 0.3) is 5.91 Å². The van der Waals surface area contributed by atoms with Gasteiger partial charge in [-0.3, -0.25) is 4.79 Å². The minimum atomic E-state index is -0.210. The van der Waals surface area contributed by atoms with Gasteiger partial charge >= 0.3 is 0 Å². The third-order valence-corrected chi connectivity index (χ3v) is 6.01. The zero-order valence-electron chi connectivity index (χ0n) is 15.8. The van der Waals surface area contributed by atoms with Crippen LogP contribution in [0.15, 0.2) is 82.5 Å². The minimum Gasteiger partial charge on any atom is -0.467 e. The van der Waals surface area contributed by atoms with Gasteiger partial charge < -0.3 is 4.42 Å². The van der Waals surface area contributed by atoms with Crippen molar-refractivity contribution in [3.63, 3.8) is 0 Å². The molecule has 1 amide bonds. The predicted molar refractivity (Wildman–Crippen MR) is 118 cm³/mol. The van der Waals surface area contributed by atoms with Crippen LogP contribution in [0.1, 0.15) is 29.3 Å². The van der Waals surface area contributed by atoms with Gasteiger partial charge in [-0.2, -0.15) is 16.9 Å². The molecule has 3 aromatic rings. The van der Waals surface area contributed by atoms with E-state index in [-0.39, 0.29) is 11.9 Å². The first-order valence-corrected chi connectivity index (χ1v) is 11.0. The van der Waals surface area contributed by atoms with Gasteiger partial charge in [-0.05, 0) is 47.6 Å². The first-order chi connectivity index (χ1) is 14.2. The Morgan fingerprint density at radius 1 is 1.10 bits per heavy atom. The van der Waals surface area contributed by atoms with Gasteiger partial charge in [-0.15, -0.1) is 0 Å². The molecule has 1 atom stereocenters. The van der Waals surface area contributed by atoms with Crippen molar-refractivity contribution in [1.29, 1.82) is 0 Å². The zero-order chi connectivity index (χ0) is 20.1. The molecular formula is C23H21ClN2O2S. The van der Waals surface area contributed by atoms with Crippen molar-refractivity contribution in [1.82, 2.24) is 5.01 Å². The van der Waals surface area contributed by atoms with Crippen LogP contribution in [0.3, 0.4) is 0 Å². The normalized spacial score (nSPS) is 16.1. The number of hydrazone groups is 1. The molecule has 4 nitrogen and oxygen atoms in total. The lowest BCUT2D eigenvalue weighted by atomic mass is 10.0. The van der Waals surface area contributed by atoms with Gasteiger partial charge in [0.05, 0.1) is 17.7 Å². The fraction of sp³-hybridized carbons (Fsp3) is 0.217. The molecule has 0 fully saturated rings. The van der Waals surface area contributed by atoms with Crippen molar-refractivity contribution in [2.24, 2.45) is 5.10 Å². The maximum Gasteiger partial charge on any atom is 0.253 e. The Morgan fingerprint density at radius 3 is 2.62 bits per heavy atom. The van der Waals surface area contributed by atoms with Crippen LogP contribution < -0.4 is 0 Å². The molecule has 148 valence electrons. The summed E-state index contributed by atoms with van der Waals surface area (Å²) in [4.78, 5) is 12.9. The van der Waals surface area contributed by atoms with Crippen LogP contribution in [0.5, 0.6) is 0 Å². The highest BCUT2D eigenvalue weighted by molar-refractivity contribution is 7.99. The van der Waals surface area contributed by atoms with Crippen molar-refractivity contribution in [3.8, 4) is 0 Å². The second kappa shape index (κ2) is 9.33. The summed E-state index contributed by atoms with van der Waals surface area (Å²) in [6.07, 6.45) is 3.20. The molecule has 6 heteroatoms. The van der Waals surface area contributed by atoms with Gasteiger partial charge in [0.1, 0.15) is 11.8 Å². The first kappa shape index (κ1) is 19.8. The van der Waals surface area contributed by atoms with Crippen LogP contribution >= 0.6 is 23.4 Å². The summed E-state index contributed by atoms with van der Waals surface area (Å²) in [6.45, 7) is 0. The molecule has 1 unspecified atom stereocenters. The standard InChI is InChI=1S/C23H21ClN2O2S/c24-19-10-8-18(9-11-19)20-15-21(22-7-4-13-28-22)26(25-20)23(27)16-29-14-12-17-5-2-1-3-6-17/h1-11,13,21H,12,14-16H2. The van der Waals surface area contributed by atoms with Crippen molar-refractivity contribution < 1.29 is 9.21 Å². The van der Waals surface area contributed by atoms with E-state index in [2.05, 4.69) is 17.2 Å². The fourth-order valence-electron chi connectivity index (χ4n) is 3.32. The topological polar surface area (TPSA) is 45.8 Å². The molecule has 2 aromatic carbocycles. The summed E-state index contributed by atoms with van der Waals surface area (Å²) in [6, 6.07) is 21.4. The molecule has 1 aromatic heterocycles. The highest BCUT2D eigenvalue weighted by Crippen LogP contribution is 2.33. The largest absolute Gasteiger partial charge is 0.467 e. The molecule has 1 aliphatic rings. The van der Waals surface area contributed by atoms with Crippen LogP contribution in [0.25, 0.3) is 0 Å². The molecule has 0 aliphatic carbocycles. The SMILES string of the molecule is O=C(CSCCc1ccccc1)N1N=C(c2ccc(Cl)cc2)CC1c1ccco1. The zero-order valence-corrected chi connectivity index (χ0v) is 17.4. The Labute approximate surface area is 179 Å². The van der Waals surface area contributed by atoms with Gasteiger partial charge in [0.15, 0.2) is 0 Å². The lowest BCUT2D eigenvalue weighted by Crippen LogP contribution is -2.28. The quantitative estimate of drug-likeness (QED) is 0.464. The highest BCUT2D eigenvalue weighted by atomic mass is 35.5. The van der Waals surface area contributed by atoms with Gasteiger partial charge in [0.2, 0.25) is 0 Å². The van der Waals surface area contributed by atoms with Crippen LogP contribution in [0.2, 0.25) is 5.02 Å². The number of nitrogens with zero attached hydrogens (tertiary/aromatic N) is 2. The Morgan fingerprint density at radius 2 is 1.90 bits per heavy atom. The summed E-state index contributed by atoms with van der Waals surface area (Å²) in [7, 11) is 0. The number of benzene rings is 2. The molecule has 1 aliphatic heterocycles. The molecule has 2 heterocycles. The summed E-state index contributed by atoms with van der Waals surface area (Å²) < 4.78 is 5.59. The number of thioether (sulfide) groups is 1. The number of carbonyl (C=O) groups is 1. The first-order valence-electron chi connectivity index (χ1n) is 9.51. The van der Waals surface area contributed by atoms with Gasteiger partial charge in [-0.1, -0.05) is 54.1 Å². The number of amides is 1. The van der Waals surface area contributed by atoms with Crippen molar-refractivity contribution in [3.05, 3.63) is 94.9 Å². The maximum absolute atomic E-state index is 12.9. The van der Waals surface area contributed by atoms with Crippen LogP contribution in [0, 0.1) is 0 Å². The number of hydrogen-bond donors (Lipinski definition) is 0. The molecular weight excluding hydrogens is 404 g/mol. The second-order valence-electron chi connectivity index (χ2n) is 6.82. The molecule has 0 saturated heterocycles. The van der Waals surface area contributed by atoms with E-state index in [1.807, 2.05) is 54.6 Å². The summed E-state index contributed by atoms with van der Waals surface area (Å²) >= 11 is 7.63. The van der Waals surface area contributed by atoms with Gasteiger partial charge in [-0.25, -0.2) is 5.01 Å². The number of halogens is 1. The lowest BCUT2D eigenvalue weighted by molar-refractivity contribution is -0.130. The van der Waals surface area contributed by atoms with E-state index in [0.29, 0.717) is 17.2 Å². The summed E-state index contributed by atoms with van der Waals surface area (Å²) in [5.74, 6) is 2.03. The molecule has 0 bridgehead atoms. The van der Waals surface area contributed by atoms with Crippen LogP contribution in [-0.2, 0) is 11.2 Å². The van der Waals surface area contributed by atoms with E-state index in [4.69, 9.17) is 16.0 Å². The number of carbonyl (C=O) groups excluding carboxylic acids is 1. The summed E-state index contributed by atoms with van der Waals surface area (Å²) in [5, 5.41) is 6.91. The maximum atomic E-state index is 12.9. The van der Waals surface area contributed by atoms with Crippen molar-refractivity contribution >= 4 is 35.0 Å². The molecule has 0 radical (unpaired) electrons. The van der Waals surface area contributed by atoms with E-state index in [0.717, 1.165) is 29.2 Å². The molecule has 29 heavy (non-hydrogen) atoms. The number of rotatable bonds is 7. The fourth-order valence-corrected chi connectivity index (χ4v) is 4.28. The average Bonchev–Trinajstić information content (AvgIpc) is 3.42. The Bertz CT molecular complexity index is 972. The van der Waals surface area contributed by atoms with E-state index in [1.165, 1.54) is 5.56 Å². The Hall–Kier alpha value is -2.50. The Kier molecular flexibility index (Phi) is 6.37. The average molecular weight is 425 g/mol. The number of hydrogen-bond acceptors (Lipinski definition) is 4. The molecule has 0 N–H and O–H groups in total. The van der Waals surface area contributed by atoms with E-state index >= 15 is 0 Å². The third-order valence-electron chi connectivity index (χ3n) is 4.82. The van der Waals surface area contributed by atoms with Gasteiger partial charge in [0, 0.05) is 11.4 Å². The number of furan rings is 1. The minimum absolute atomic E-state index is 0.00609. The second-order valence-corrected chi connectivity index (χ2v) is 8.36. The van der Waals surface area contributed by atoms with Crippen LogP contribution in [0.4, 0.5) is 0 Å². The smallest absolute Gasteiger partial charge is 0.253 e. The van der Waals surface area contributed by atoms with E-state index in [1.54, 1.807) is 23.0 Å². The number of aryl methyl sites for hydroxylation is 1. The Balaban J connectivity index is 1.43. The van der Waals surface area contributed by atoms with Crippen LogP contribution in [-0.4, -0.2) is 28.1 Å².